The van der Waals surface area contributed by atoms with Crippen LogP contribution in [0.4, 0.5) is 22.0 Å². The van der Waals surface area contributed by atoms with Crippen LogP contribution in [0.15, 0.2) is 30.7 Å². The van der Waals surface area contributed by atoms with Gasteiger partial charge in [0.25, 0.3) is 0 Å². The number of rotatable bonds is 1. The van der Waals surface area contributed by atoms with E-state index in [-0.39, 0.29) is 18.2 Å². The van der Waals surface area contributed by atoms with E-state index in [1.165, 1.54) is 10.9 Å². The molecule has 31 heavy (non-hydrogen) atoms. The van der Waals surface area contributed by atoms with E-state index < -0.39 is 0 Å². The summed E-state index contributed by atoms with van der Waals surface area (Å²) in [6.45, 7) is 0.459. The summed E-state index contributed by atoms with van der Waals surface area (Å²) < 4.78 is 9.40. The zero-order valence-electron chi connectivity index (χ0n) is 17.2. The number of nitrogens with one attached hydrogen (secondary N) is 3. The van der Waals surface area contributed by atoms with Gasteiger partial charge < -0.3 is 20.7 Å². The van der Waals surface area contributed by atoms with Gasteiger partial charge in [-0.25, -0.2) is 19.3 Å². The predicted molar refractivity (Wildman–Crippen MR) is 117 cm³/mol. The molecule has 1 saturated carbocycles. The van der Waals surface area contributed by atoms with Gasteiger partial charge in [0.15, 0.2) is 5.65 Å². The van der Waals surface area contributed by atoms with Crippen LogP contribution in [0, 0.1) is 0 Å². The molecule has 0 spiro atoms. The van der Waals surface area contributed by atoms with Crippen molar-refractivity contribution < 1.29 is 9.53 Å². The molecule has 1 fully saturated rings. The molecule has 10 heteroatoms. The molecule has 158 valence electrons. The third kappa shape index (κ3) is 2.90. The Morgan fingerprint density at radius 3 is 2.94 bits per heavy atom. The Kier molecular flexibility index (Phi) is 3.90. The monoisotopic (exact) mass is 418 g/mol. The van der Waals surface area contributed by atoms with Gasteiger partial charge in [-0.2, -0.15) is 5.10 Å². The molecule has 4 bridgehead atoms. The van der Waals surface area contributed by atoms with Crippen LogP contribution in [0.25, 0.3) is 22.1 Å². The van der Waals surface area contributed by atoms with E-state index in [0.717, 1.165) is 40.7 Å². The number of hydrogen-bond acceptors (Lipinski definition) is 7. The number of fused-ring (bicyclic) bond motifs is 6. The topological polar surface area (TPSA) is 111 Å². The first kappa shape index (κ1) is 18.1. The van der Waals surface area contributed by atoms with Gasteiger partial charge in [0.1, 0.15) is 23.2 Å². The summed E-state index contributed by atoms with van der Waals surface area (Å²) in [5, 5.41) is 15.3. The predicted octanol–water partition coefficient (Wildman–Crippen LogP) is 2.72. The van der Waals surface area contributed by atoms with Crippen molar-refractivity contribution in [1.29, 1.82) is 0 Å². The van der Waals surface area contributed by atoms with Gasteiger partial charge in [0, 0.05) is 31.7 Å². The molecule has 6 rings (SSSR count). The van der Waals surface area contributed by atoms with Gasteiger partial charge >= 0.3 is 6.03 Å². The van der Waals surface area contributed by atoms with Gasteiger partial charge in [-0.05, 0) is 30.5 Å². The first-order valence-electron chi connectivity index (χ1n) is 10.3. The van der Waals surface area contributed by atoms with E-state index in [2.05, 4.69) is 38.2 Å². The van der Waals surface area contributed by atoms with E-state index in [4.69, 9.17) is 9.72 Å². The lowest BCUT2D eigenvalue weighted by Crippen LogP contribution is -2.52. The molecular formula is C21H22N8O2. The summed E-state index contributed by atoms with van der Waals surface area (Å²) in [6, 6.07) is 5.74. The average Bonchev–Trinajstić information content (AvgIpc) is 3.33. The Balaban J connectivity index is 1.56. The molecule has 0 saturated heterocycles. The summed E-state index contributed by atoms with van der Waals surface area (Å²) in [4.78, 5) is 22.1. The Morgan fingerprint density at radius 2 is 2.13 bits per heavy atom. The Morgan fingerprint density at radius 1 is 1.23 bits per heavy atom. The second-order valence-corrected chi connectivity index (χ2v) is 8.08. The van der Waals surface area contributed by atoms with E-state index >= 15 is 0 Å². The molecule has 1 aliphatic carbocycles. The van der Waals surface area contributed by atoms with Crippen LogP contribution in [-0.2, 0) is 18.4 Å². The fraction of sp³-hybridized carbons (Fsp3) is 0.333. The van der Waals surface area contributed by atoms with Crippen molar-refractivity contribution in [2.75, 3.05) is 17.7 Å². The number of pyridine rings is 1. The second-order valence-electron chi connectivity index (χ2n) is 8.08. The first-order chi connectivity index (χ1) is 15.1. The second kappa shape index (κ2) is 6.67. The average molecular weight is 418 g/mol. The van der Waals surface area contributed by atoms with Crippen LogP contribution in [-0.4, -0.2) is 49.5 Å². The minimum Gasteiger partial charge on any atom is -0.386 e. The zero-order chi connectivity index (χ0) is 21.1. The molecule has 1 amide bonds. The van der Waals surface area contributed by atoms with E-state index in [1.807, 2.05) is 26.4 Å². The van der Waals surface area contributed by atoms with Gasteiger partial charge in [-0.15, -0.1) is 0 Å². The minimum atomic E-state index is -0.254. The van der Waals surface area contributed by atoms with Gasteiger partial charge in [0.2, 0.25) is 0 Å². The van der Waals surface area contributed by atoms with Crippen LogP contribution in [0.5, 0.6) is 0 Å². The molecule has 3 N–H and O–H groups in total. The zero-order valence-corrected chi connectivity index (χ0v) is 17.2. The van der Waals surface area contributed by atoms with Crippen molar-refractivity contribution in [3.63, 3.8) is 0 Å². The number of carbonyl (C=O) groups is 1. The Labute approximate surface area is 177 Å². The summed E-state index contributed by atoms with van der Waals surface area (Å²) in [7, 11) is 3.73. The van der Waals surface area contributed by atoms with Crippen LogP contribution in [0.1, 0.15) is 18.4 Å². The highest BCUT2D eigenvalue weighted by Crippen LogP contribution is 2.32. The maximum Gasteiger partial charge on any atom is 0.328 e. The fourth-order valence-electron chi connectivity index (χ4n) is 4.29. The lowest BCUT2D eigenvalue weighted by atomic mass is 9.89. The van der Waals surface area contributed by atoms with Crippen molar-refractivity contribution in [2.24, 2.45) is 7.05 Å². The molecule has 0 radical (unpaired) electrons. The number of amides is 1. The summed E-state index contributed by atoms with van der Waals surface area (Å²) in [5.41, 5.74) is 4.62. The van der Waals surface area contributed by atoms with Crippen molar-refractivity contribution in [3.05, 3.63) is 36.3 Å². The largest absolute Gasteiger partial charge is 0.386 e. The van der Waals surface area contributed by atoms with Crippen LogP contribution >= 0.6 is 0 Å². The van der Waals surface area contributed by atoms with E-state index in [9.17, 15) is 4.79 Å². The molecule has 2 atom stereocenters. The summed E-state index contributed by atoms with van der Waals surface area (Å²) in [6.07, 6.45) is 5.29. The molecule has 4 aromatic rings. The van der Waals surface area contributed by atoms with E-state index in [1.54, 1.807) is 4.68 Å². The molecule has 10 nitrogen and oxygen atoms in total. The summed E-state index contributed by atoms with van der Waals surface area (Å²) in [5.74, 6) is 0.593. The number of nitrogens with zero attached hydrogens (tertiary/aromatic N) is 5. The molecular weight excluding hydrogens is 396 g/mol. The molecule has 1 aliphatic heterocycles. The molecule has 0 unspecified atom stereocenters. The number of ether oxygens (including phenoxy) is 1. The maximum absolute atomic E-state index is 13.0. The molecule has 1 aromatic carbocycles. The fourth-order valence-corrected chi connectivity index (χ4v) is 4.29. The van der Waals surface area contributed by atoms with E-state index in [0.29, 0.717) is 23.6 Å². The Bertz CT molecular complexity index is 1340. The SMILES string of the molecule is CNc1cc2nc3c1ncn3C(=O)N[C@@H]1CC[C@H]1OCc1cc(c3nn(C)cc3c1)N2. The van der Waals surface area contributed by atoms with Crippen molar-refractivity contribution in [2.45, 2.75) is 31.6 Å². The number of aromatic nitrogens is 5. The quantitative estimate of drug-likeness (QED) is 0.436. The van der Waals surface area contributed by atoms with Crippen molar-refractivity contribution in [1.82, 2.24) is 29.6 Å². The van der Waals surface area contributed by atoms with Gasteiger partial charge in [-0.3, -0.25) is 4.68 Å². The van der Waals surface area contributed by atoms with Crippen LogP contribution < -0.4 is 16.0 Å². The third-order valence-electron chi connectivity index (χ3n) is 6.02. The molecule has 4 heterocycles. The standard InChI is InChI=1S/C21H22N8O2/c1-22-14-7-17-24-15-6-11(5-12-8-28(2)27-18(12)15)9-31-16-4-3-13(16)25-21(30)29-10-23-19(14)20(29)26-17/h5-8,10,13,16H,3-4,9H2,1-2H3,(H,25,30)(H2,22,24,26)/t13-,16-/m1/s1. The Hall–Kier alpha value is -3.66. The van der Waals surface area contributed by atoms with Crippen molar-refractivity contribution in [3.8, 4) is 0 Å². The molecule has 2 aliphatic rings. The molecule has 3 aromatic heterocycles. The number of hydrogen-bond donors (Lipinski definition) is 3. The van der Waals surface area contributed by atoms with Crippen LogP contribution in [0.3, 0.4) is 0 Å². The van der Waals surface area contributed by atoms with Crippen LogP contribution in [0.2, 0.25) is 0 Å². The number of aryl methyl sites for hydroxylation is 1. The summed E-state index contributed by atoms with van der Waals surface area (Å²) >= 11 is 0. The first-order valence-corrected chi connectivity index (χ1v) is 10.3. The number of benzene rings is 1. The van der Waals surface area contributed by atoms with Gasteiger partial charge in [0.05, 0.1) is 30.1 Å². The van der Waals surface area contributed by atoms with Crippen molar-refractivity contribution >= 4 is 45.3 Å². The lowest BCUT2D eigenvalue weighted by Gasteiger charge is -2.36. The lowest BCUT2D eigenvalue weighted by molar-refractivity contribution is -0.0322. The number of imidazole rings is 1. The minimum absolute atomic E-state index is 0.0147. The normalized spacial score (nSPS) is 20.6. The highest BCUT2D eigenvalue weighted by molar-refractivity contribution is 5.96. The highest BCUT2D eigenvalue weighted by atomic mass is 16.5. The third-order valence-corrected chi connectivity index (χ3v) is 6.02. The number of anilines is 3. The van der Waals surface area contributed by atoms with Gasteiger partial charge in [-0.1, -0.05) is 0 Å². The smallest absolute Gasteiger partial charge is 0.328 e. The maximum atomic E-state index is 13.0. The number of carbonyl (C=O) groups excluding carboxylic acids is 1. The highest BCUT2D eigenvalue weighted by Gasteiger charge is 2.34.